The second-order valence-electron chi connectivity index (χ2n) is 6.47. The van der Waals surface area contributed by atoms with Crippen LogP contribution in [0.25, 0.3) is 0 Å². The molecular weight excluding hydrogens is 474 g/mol. The Bertz CT molecular complexity index is 1200. The van der Waals surface area contributed by atoms with Crippen LogP contribution in [0.5, 0.6) is 17.2 Å². The lowest BCUT2D eigenvalue weighted by Gasteiger charge is -2.10. The first-order valence-corrected chi connectivity index (χ1v) is 10.2. The van der Waals surface area contributed by atoms with Gasteiger partial charge in [-0.15, -0.1) is 0 Å². The van der Waals surface area contributed by atoms with Crippen LogP contribution in [-0.4, -0.2) is 31.8 Å². The molecule has 170 valence electrons. The summed E-state index contributed by atoms with van der Waals surface area (Å²) < 4.78 is 29.2. The number of amides is 1. The highest BCUT2D eigenvalue weighted by atomic mass is 35.5. The first kappa shape index (κ1) is 24.0. The number of nitrogens with zero attached hydrogens (tertiary/aromatic N) is 1. The summed E-state index contributed by atoms with van der Waals surface area (Å²) in [6, 6.07) is 14.4. The molecule has 0 saturated heterocycles. The molecule has 0 spiro atoms. The van der Waals surface area contributed by atoms with E-state index in [4.69, 9.17) is 37.4 Å². The summed E-state index contributed by atoms with van der Waals surface area (Å²) in [6.07, 6.45) is 1.37. The van der Waals surface area contributed by atoms with Crippen molar-refractivity contribution in [2.45, 2.75) is 0 Å². The Morgan fingerprint density at radius 2 is 1.82 bits per heavy atom. The molecule has 10 heteroatoms. The van der Waals surface area contributed by atoms with Crippen LogP contribution in [0.4, 0.5) is 4.39 Å². The number of benzene rings is 3. The van der Waals surface area contributed by atoms with Gasteiger partial charge in [0.1, 0.15) is 11.6 Å². The first-order chi connectivity index (χ1) is 15.9. The van der Waals surface area contributed by atoms with Gasteiger partial charge in [0.25, 0.3) is 5.91 Å². The normalized spacial score (nSPS) is 10.7. The minimum Gasteiger partial charge on any atom is -0.493 e. The Morgan fingerprint density at radius 3 is 2.55 bits per heavy atom. The summed E-state index contributed by atoms with van der Waals surface area (Å²) >= 11 is 11.8. The number of ether oxygens (including phenoxy) is 3. The molecule has 0 unspecified atom stereocenters. The average Bonchev–Trinajstić information content (AvgIpc) is 2.79. The SMILES string of the molecule is COc1cc(/C=N\NC(=O)COc2ccc(Cl)cc2Cl)ccc1OC(=O)c1cccc(F)c1. The van der Waals surface area contributed by atoms with Gasteiger partial charge in [0.15, 0.2) is 18.1 Å². The molecule has 0 heterocycles. The molecule has 0 aliphatic rings. The Hall–Kier alpha value is -3.62. The standard InChI is InChI=1S/C23H17Cl2FN2O5/c1-31-21-9-14(5-7-20(21)33-23(30)15-3-2-4-17(26)10-15)12-27-28-22(29)13-32-19-8-6-16(24)11-18(19)25/h2-12H,13H2,1H3,(H,28,29)/b27-12-. The molecule has 7 nitrogen and oxygen atoms in total. The predicted octanol–water partition coefficient (Wildman–Crippen LogP) is 4.89. The third-order valence-electron chi connectivity index (χ3n) is 4.11. The maximum atomic E-state index is 13.3. The summed E-state index contributed by atoms with van der Waals surface area (Å²) in [6.45, 7) is -0.309. The number of carbonyl (C=O) groups excluding carboxylic acids is 2. The molecule has 0 atom stereocenters. The van der Waals surface area contributed by atoms with Crippen molar-refractivity contribution in [3.63, 3.8) is 0 Å². The lowest BCUT2D eigenvalue weighted by atomic mass is 10.2. The Labute approximate surface area is 198 Å². The van der Waals surface area contributed by atoms with Crippen LogP contribution in [-0.2, 0) is 4.79 Å². The number of methoxy groups -OCH3 is 1. The minimum absolute atomic E-state index is 0.0625. The predicted molar refractivity (Wildman–Crippen MR) is 122 cm³/mol. The first-order valence-electron chi connectivity index (χ1n) is 9.41. The largest absolute Gasteiger partial charge is 0.493 e. The summed E-state index contributed by atoms with van der Waals surface area (Å²) in [5.41, 5.74) is 2.94. The fourth-order valence-electron chi connectivity index (χ4n) is 2.57. The molecule has 0 fully saturated rings. The van der Waals surface area contributed by atoms with E-state index in [1.165, 1.54) is 43.7 Å². The molecule has 1 N–H and O–H groups in total. The molecule has 0 bridgehead atoms. The van der Waals surface area contributed by atoms with Gasteiger partial charge in [-0.05, 0) is 60.2 Å². The smallest absolute Gasteiger partial charge is 0.343 e. The number of rotatable bonds is 8. The van der Waals surface area contributed by atoms with Gasteiger partial charge in [-0.2, -0.15) is 5.10 Å². The second kappa shape index (κ2) is 11.3. The van der Waals surface area contributed by atoms with Crippen LogP contribution in [0, 0.1) is 5.82 Å². The fraction of sp³-hybridized carbons (Fsp3) is 0.0870. The number of nitrogens with one attached hydrogen (secondary N) is 1. The topological polar surface area (TPSA) is 86.2 Å². The van der Waals surface area contributed by atoms with Gasteiger partial charge in [-0.3, -0.25) is 4.79 Å². The highest BCUT2D eigenvalue weighted by molar-refractivity contribution is 6.35. The van der Waals surface area contributed by atoms with Crippen molar-refractivity contribution in [3.05, 3.63) is 87.7 Å². The molecule has 0 radical (unpaired) electrons. The van der Waals surface area contributed by atoms with E-state index in [0.29, 0.717) is 16.3 Å². The van der Waals surface area contributed by atoms with Crippen LogP contribution in [0.2, 0.25) is 10.0 Å². The third kappa shape index (κ3) is 6.93. The van der Waals surface area contributed by atoms with Crippen molar-refractivity contribution in [2.24, 2.45) is 5.10 Å². The van der Waals surface area contributed by atoms with Crippen LogP contribution < -0.4 is 19.6 Å². The zero-order chi connectivity index (χ0) is 23.8. The quantitative estimate of drug-likeness (QED) is 0.210. The molecule has 1 amide bonds. The van der Waals surface area contributed by atoms with E-state index in [9.17, 15) is 14.0 Å². The summed E-state index contributed by atoms with van der Waals surface area (Å²) in [5.74, 6) is -1.09. The van der Waals surface area contributed by atoms with Gasteiger partial charge >= 0.3 is 5.97 Å². The zero-order valence-electron chi connectivity index (χ0n) is 17.2. The monoisotopic (exact) mass is 490 g/mol. The lowest BCUT2D eigenvalue weighted by molar-refractivity contribution is -0.123. The maximum Gasteiger partial charge on any atom is 0.343 e. The van der Waals surface area contributed by atoms with Gasteiger partial charge in [0, 0.05) is 5.02 Å². The number of hydrogen-bond donors (Lipinski definition) is 1. The van der Waals surface area contributed by atoms with Gasteiger partial charge < -0.3 is 14.2 Å². The number of carbonyl (C=O) groups is 2. The van der Waals surface area contributed by atoms with Gasteiger partial charge in [-0.1, -0.05) is 29.3 Å². The van der Waals surface area contributed by atoms with Crippen LogP contribution in [0.1, 0.15) is 15.9 Å². The average molecular weight is 491 g/mol. The zero-order valence-corrected chi connectivity index (χ0v) is 18.7. The Balaban J connectivity index is 1.57. The molecule has 3 aromatic carbocycles. The number of hydrazone groups is 1. The van der Waals surface area contributed by atoms with Crippen molar-refractivity contribution in [1.82, 2.24) is 5.43 Å². The number of hydrogen-bond acceptors (Lipinski definition) is 6. The fourth-order valence-corrected chi connectivity index (χ4v) is 3.03. The van der Waals surface area contributed by atoms with Crippen molar-refractivity contribution >= 4 is 41.3 Å². The molecular formula is C23H17Cl2FN2O5. The van der Waals surface area contributed by atoms with E-state index in [0.717, 1.165) is 6.07 Å². The van der Waals surface area contributed by atoms with Gasteiger partial charge in [-0.25, -0.2) is 14.6 Å². The van der Waals surface area contributed by atoms with E-state index < -0.39 is 17.7 Å². The summed E-state index contributed by atoms with van der Waals surface area (Å²) in [5, 5.41) is 4.58. The summed E-state index contributed by atoms with van der Waals surface area (Å²) in [4.78, 5) is 24.1. The second-order valence-corrected chi connectivity index (χ2v) is 7.31. The van der Waals surface area contributed by atoms with Gasteiger partial charge in [0.05, 0.1) is 23.9 Å². The Kier molecular flexibility index (Phi) is 8.23. The molecule has 0 aliphatic carbocycles. The van der Waals surface area contributed by atoms with E-state index >= 15 is 0 Å². The van der Waals surface area contributed by atoms with E-state index in [1.54, 1.807) is 24.3 Å². The molecule has 0 saturated carbocycles. The molecule has 3 aromatic rings. The van der Waals surface area contributed by atoms with Crippen molar-refractivity contribution < 1.29 is 28.2 Å². The molecule has 0 aromatic heterocycles. The van der Waals surface area contributed by atoms with Crippen molar-refractivity contribution in [2.75, 3.05) is 13.7 Å². The van der Waals surface area contributed by atoms with Crippen molar-refractivity contribution in [3.8, 4) is 17.2 Å². The van der Waals surface area contributed by atoms with E-state index in [1.807, 2.05) is 0 Å². The summed E-state index contributed by atoms with van der Waals surface area (Å²) in [7, 11) is 1.40. The third-order valence-corrected chi connectivity index (χ3v) is 4.64. The highest BCUT2D eigenvalue weighted by Gasteiger charge is 2.13. The number of halogens is 3. The van der Waals surface area contributed by atoms with Crippen LogP contribution >= 0.6 is 23.2 Å². The minimum atomic E-state index is -0.734. The lowest BCUT2D eigenvalue weighted by Crippen LogP contribution is -2.24. The Morgan fingerprint density at radius 1 is 1.03 bits per heavy atom. The maximum absolute atomic E-state index is 13.3. The molecule has 3 rings (SSSR count). The van der Waals surface area contributed by atoms with Crippen molar-refractivity contribution in [1.29, 1.82) is 0 Å². The van der Waals surface area contributed by atoms with Crippen LogP contribution in [0.15, 0.2) is 65.8 Å². The molecule has 0 aliphatic heterocycles. The molecule has 33 heavy (non-hydrogen) atoms. The van der Waals surface area contributed by atoms with E-state index in [-0.39, 0.29) is 28.7 Å². The van der Waals surface area contributed by atoms with Crippen LogP contribution in [0.3, 0.4) is 0 Å². The highest BCUT2D eigenvalue weighted by Crippen LogP contribution is 2.29. The van der Waals surface area contributed by atoms with Gasteiger partial charge in [0.2, 0.25) is 0 Å². The van der Waals surface area contributed by atoms with E-state index in [2.05, 4.69) is 10.5 Å². The number of esters is 1.